The highest BCUT2D eigenvalue weighted by Gasteiger charge is 2.21. The lowest BCUT2D eigenvalue weighted by Gasteiger charge is -2.31. The van der Waals surface area contributed by atoms with Crippen LogP contribution in [0.25, 0.3) is 0 Å². The molecule has 9 nitrogen and oxygen atoms in total. The molecule has 1 atom stereocenters. The summed E-state index contributed by atoms with van der Waals surface area (Å²) >= 11 is 0. The minimum Gasteiger partial charge on any atom is -0.465 e. The second-order valence-electron chi connectivity index (χ2n) is 3.41. The van der Waals surface area contributed by atoms with Gasteiger partial charge in [0.2, 0.25) is 0 Å². The Morgan fingerprint density at radius 3 is 2.35 bits per heavy atom. The molecule has 0 aliphatic carbocycles. The van der Waals surface area contributed by atoms with Crippen molar-refractivity contribution in [2.45, 2.75) is 12.5 Å². The van der Waals surface area contributed by atoms with E-state index in [1.54, 1.807) is 0 Å². The van der Waals surface area contributed by atoms with Gasteiger partial charge in [-0.2, -0.15) is 0 Å². The second-order valence-corrected chi connectivity index (χ2v) is 4.43. The van der Waals surface area contributed by atoms with Gasteiger partial charge in [-0.05, 0) is 6.42 Å². The minimum absolute atomic E-state index is 0.102. The molecule has 0 unspecified atom stereocenters. The molecular weight excluding hydrogens is 255 g/mol. The van der Waals surface area contributed by atoms with Crippen molar-refractivity contribution in [2.75, 3.05) is 26.2 Å². The highest BCUT2D eigenvalue weighted by Crippen LogP contribution is 2.25. The van der Waals surface area contributed by atoms with Gasteiger partial charge in [0.25, 0.3) is 0 Å². The van der Waals surface area contributed by atoms with Gasteiger partial charge in [0, 0.05) is 32.3 Å². The molecule has 0 radical (unpaired) electrons. The van der Waals surface area contributed by atoms with Gasteiger partial charge < -0.3 is 35.1 Å². The number of nitrogens with one attached hydrogen (secondary N) is 1. The maximum absolute atomic E-state index is 10.5. The standard InChI is InChI=1S/C7H14N2O3.H3O4P/c10-4-1-6-5-9(7(11)12)3-2-8-6;1-5(2,3)4/h6,8,10H,1-5H2,(H,11,12);(H3,1,2,3,4)/t6-;/m0./s1. The van der Waals surface area contributed by atoms with E-state index in [4.69, 9.17) is 29.5 Å². The summed E-state index contributed by atoms with van der Waals surface area (Å²) < 4.78 is 8.88. The van der Waals surface area contributed by atoms with Gasteiger partial charge in [-0.15, -0.1) is 0 Å². The normalized spacial score (nSPS) is 20.5. The molecule has 17 heavy (non-hydrogen) atoms. The smallest absolute Gasteiger partial charge is 0.465 e. The number of aliphatic hydroxyl groups is 1. The van der Waals surface area contributed by atoms with Gasteiger partial charge in [0.05, 0.1) is 0 Å². The Hall–Kier alpha value is -0.700. The fourth-order valence-electron chi connectivity index (χ4n) is 1.35. The Kier molecular flexibility index (Phi) is 7.28. The van der Waals surface area contributed by atoms with E-state index in [-0.39, 0.29) is 12.6 Å². The van der Waals surface area contributed by atoms with E-state index in [1.807, 2.05) is 0 Å². The number of phosphoric acid groups is 1. The molecule has 0 aromatic heterocycles. The largest absolute Gasteiger partial charge is 0.466 e. The van der Waals surface area contributed by atoms with Crippen molar-refractivity contribution in [3.63, 3.8) is 0 Å². The maximum atomic E-state index is 10.5. The first-order valence-corrected chi connectivity index (χ1v) is 6.41. The fraction of sp³-hybridized carbons (Fsp3) is 0.857. The van der Waals surface area contributed by atoms with Crippen LogP contribution >= 0.6 is 7.82 Å². The number of piperazine rings is 1. The Balaban J connectivity index is 0.000000437. The van der Waals surface area contributed by atoms with Crippen molar-refractivity contribution in [2.24, 2.45) is 0 Å². The van der Waals surface area contributed by atoms with E-state index in [0.717, 1.165) is 0 Å². The monoisotopic (exact) mass is 272 g/mol. The van der Waals surface area contributed by atoms with Crippen LogP contribution in [0.5, 0.6) is 0 Å². The van der Waals surface area contributed by atoms with Crippen LogP contribution in [0.1, 0.15) is 6.42 Å². The van der Waals surface area contributed by atoms with Gasteiger partial charge in [-0.25, -0.2) is 9.36 Å². The van der Waals surface area contributed by atoms with Crippen LogP contribution in [-0.2, 0) is 4.57 Å². The molecule has 1 heterocycles. The quantitative estimate of drug-likeness (QED) is 0.329. The molecule has 102 valence electrons. The SMILES string of the molecule is O=C(O)N1CCN[C@@H](CCO)C1.O=P(O)(O)O. The Morgan fingerprint density at radius 2 is 1.94 bits per heavy atom. The average Bonchev–Trinajstić information content (AvgIpc) is 2.16. The number of rotatable bonds is 2. The summed E-state index contributed by atoms with van der Waals surface area (Å²) in [5.41, 5.74) is 0. The van der Waals surface area contributed by atoms with Crippen molar-refractivity contribution >= 4 is 13.9 Å². The summed E-state index contributed by atoms with van der Waals surface area (Å²) in [6.45, 7) is 1.80. The zero-order valence-corrected chi connectivity index (χ0v) is 9.95. The number of hydrogen-bond acceptors (Lipinski definition) is 4. The van der Waals surface area contributed by atoms with E-state index in [0.29, 0.717) is 26.1 Å². The van der Waals surface area contributed by atoms with Gasteiger partial charge in [0.1, 0.15) is 0 Å². The number of carboxylic acid groups (broad SMARTS) is 1. The molecule has 1 fully saturated rings. The molecule has 0 spiro atoms. The van der Waals surface area contributed by atoms with Crippen molar-refractivity contribution < 1.29 is 34.3 Å². The van der Waals surface area contributed by atoms with Crippen molar-refractivity contribution in [3.8, 4) is 0 Å². The lowest BCUT2D eigenvalue weighted by Crippen LogP contribution is -2.52. The third-order valence-electron chi connectivity index (χ3n) is 2.00. The minimum atomic E-state index is -4.64. The summed E-state index contributed by atoms with van der Waals surface area (Å²) in [5.74, 6) is 0. The molecule has 1 aliphatic heterocycles. The third kappa shape index (κ3) is 10.2. The average molecular weight is 272 g/mol. The first-order valence-electron chi connectivity index (χ1n) is 4.84. The fourth-order valence-corrected chi connectivity index (χ4v) is 1.35. The summed E-state index contributed by atoms with van der Waals surface area (Å²) in [4.78, 5) is 33.5. The van der Waals surface area contributed by atoms with Crippen molar-refractivity contribution in [3.05, 3.63) is 0 Å². The van der Waals surface area contributed by atoms with Crippen molar-refractivity contribution in [1.29, 1.82) is 0 Å². The lowest BCUT2D eigenvalue weighted by molar-refractivity contribution is 0.123. The van der Waals surface area contributed by atoms with E-state index < -0.39 is 13.9 Å². The molecule has 0 aromatic rings. The van der Waals surface area contributed by atoms with Gasteiger partial charge >= 0.3 is 13.9 Å². The van der Waals surface area contributed by atoms with Gasteiger partial charge in [0.15, 0.2) is 0 Å². The van der Waals surface area contributed by atoms with E-state index in [2.05, 4.69) is 5.32 Å². The maximum Gasteiger partial charge on any atom is 0.466 e. The van der Waals surface area contributed by atoms with Crippen LogP contribution in [0.15, 0.2) is 0 Å². The molecule has 1 saturated heterocycles. The topological polar surface area (TPSA) is 151 Å². The predicted molar refractivity (Wildman–Crippen MR) is 57.4 cm³/mol. The summed E-state index contributed by atoms with van der Waals surface area (Å²) in [7, 11) is -4.64. The highest BCUT2D eigenvalue weighted by atomic mass is 31.2. The Bertz CT molecular complexity index is 271. The first kappa shape index (κ1) is 16.3. The van der Waals surface area contributed by atoms with Gasteiger partial charge in [-0.3, -0.25) is 0 Å². The number of carbonyl (C=O) groups is 1. The molecule has 10 heteroatoms. The van der Waals surface area contributed by atoms with E-state index in [9.17, 15) is 4.79 Å². The Morgan fingerprint density at radius 1 is 1.41 bits per heavy atom. The molecule has 1 aliphatic rings. The van der Waals surface area contributed by atoms with E-state index >= 15 is 0 Å². The zero-order chi connectivity index (χ0) is 13.5. The van der Waals surface area contributed by atoms with Gasteiger partial charge in [-0.1, -0.05) is 0 Å². The second kappa shape index (κ2) is 7.59. The molecule has 0 saturated carbocycles. The number of amides is 1. The molecular formula is C7H17N2O7P. The molecule has 1 amide bonds. The zero-order valence-electron chi connectivity index (χ0n) is 9.06. The number of hydrogen-bond donors (Lipinski definition) is 6. The Labute approximate surface area is 97.9 Å². The van der Waals surface area contributed by atoms with Crippen LogP contribution in [-0.4, -0.2) is 68.2 Å². The van der Waals surface area contributed by atoms with Crippen LogP contribution < -0.4 is 5.32 Å². The first-order chi connectivity index (χ1) is 7.74. The number of aliphatic hydroxyl groups excluding tert-OH is 1. The number of nitrogens with zero attached hydrogens (tertiary/aromatic N) is 1. The van der Waals surface area contributed by atoms with Crippen molar-refractivity contribution in [1.82, 2.24) is 10.2 Å². The van der Waals surface area contributed by atoms with Crippen LogP contribution in [0, 0.1) is 0 Å². The van der Waals surface area contributed by atoms with Crippen LogP contribution in [0.2, 0.25) is 0 Å². The lowest BCUT2D eigenvalue weighted by atomic mass is 10.1. The summed E-state index contributed by atoms with van der Waals surface area (Å²) in [5, 5.41) is 20.4. The molecule has 1 rings (SSSR count). The summed E-state index contributed by atoms with van der Waals surface area (Å²) in [6, 6.07) is 0.111. The van der Waals surface area contributed by atoms with E-state index in [1.165, 1.54) is 4.90 Å². The predicted octanol–water partition coefficient (Wildman–Crippen LogP) is -1.61. The van der Waals surface area contributed by atoms with Crippen LogP contribution in [0.4, 0.5) is 4.79 Å². The highest BCUT2D eigenvalue weighted by molar-refractivity contribution is 7.45. The third-order valence-corrected chi connectivity index (χ3v) is 2.00. The molecule has 0 bridgehead atoms. The summed E-state index contributed by atoms with van der Waals surface area (Å²) in [6.07, 6.45) is -0.261. The molecule has 6 N–H and O–H groups in total. The van der Waals surface area contributed by atoms with Crippen LogP contribution in [0.3, 0.4) is 0 Å². The molecule has 0 aromatic carbocycles.